The molecule has 14 heavy (non-hydrogen) atoms. The number of carbonyl (C=O) groups is 1. The van der Waals surface area contributed by atoms with Gasteiger partial charge in [-0.05, 0) is 24.6 Å². The lowest BCUT2D eigenvalue weighted by Crippen LogP contribution is -2.10. The Labute approximate surface area is 91.4 Å². The highest BCUT2D eigenvalue weighted by Gasteiger charge is 2.18. The quantitative estimate of drug-likeness (QED) is 0.773. The van der Waals surface area contributed by atoms with E-state index in [-0.39, 0.29) is 10.7 Å². The molecule has 0 saturated carbocycles. The normalized spacial score (nSPS) is 12.5. The summed E-state index contributed by atoms with van der Waals surface area (Å²) >= 11 is 11.5. The van der Waals surface area contributed by atoms with Gasteiger partial charge in [0.2, 0.25) is 0 Å². The van der Waals surface area contributed by atoms with Gasteiger partial charge in [0.1, 0.15) is 0 Å². The van der Waals surface area contributed by atoms with Crippen molar-refractivity contribution >= 4 is 34.9 Å². The summed E-state index contributed by atoms with van der Waals surface area (Å²) in [4.78, 5) is 10.7. The summed E-state index contributed by atoms with van der Waals surface area (Å²) in [5, 5.41) is 9.46. The second kappa shape index (κ2) is 4.07. The first-order valence-corrected chi connectivity index (χ1v) is 4.66. The molecule has 1 atom stereocenters. The van der Waals surface area contributed by atoms with E-state index < -0.39 is 11.9 Å². The predicted octanol–water partition coefficient (Wildman–Crippen LogP) is 2.76. The largest absolute Gasteiger partial charge is 0.481 e. The Bertz CT molecular complexity index is 379. The Hall–Kier alpha value is -0.930. The lowest BCUT2D eigenvalue weighted by atomic mass is 10.00. The van der Waals surface area contributed by atoms with E-state index in [0.717, 1.165) is 0 Å². The van der Waals surface area contributed by atoms with Crippen LogP contribution in [-0.4, -0.2) is 11.1 Å². The van der Waals surface area contributed by atoms with E-state index >= 15 is 0 Å². The molecule has 0 aliphatic carbocycles. The van der Waals surface area contributed by atoms with Crippen molar-refractivity contribution < 1.29 is 9.90 Å². The van der Waals surface area contributed by atoms with Gasteiger partial charge in [-0.3, -0.25) is 4.79 Å². The minimum absolute atomic E-state index is 0.269. The van der Waals surface area contributed by atoms with Crippen LogP contribution in [-0.2, 0) is 4.79 Å². The number of carboxylic acid groups (broad SMARTS) is 1. The number of halogens is 2. The Morgan fingerprint density at radius 1 is 1.50 bits per heavy atom. The smallest absolute Gasteiger partial charge is 0.310 e. The van der Waals surface area contributed by atoms with Gasteiger partial charge in [0.25, 0.3) is 0 Å². The van der Waals surface area contributed by atoms with Crippen molar-refractivity contribution in [2.45, 2.75) is 12.8 Å². The van der Waals surface area contributed by atoms with Gasteiger partial charge in [-0.2, -0.15) is 0 Å². The summed E-state index contributed by atoms with van der Waals surface area (Å²) in [6, 6.07) is 3.00. The van der Waals surface area contributed by atoms with Gasteiger partial charge in [0.05, 0.1) is 16.6 Å². The van der Waals surface area contributed by atoms with Crippen LogP contribution in [0.25, 0.3) is 0 Å². The lowest BCUT2D eigenvalue weighted by molar-refractivity contribution is -0.138. The molecule has 1 unspecified atom stereocenters. The molecule has 1 rings (SSSR count). The minimum atomic E-state index is -0.963. The number of rotatable bonds is 2. The van der Waals surface area contributed by atoms with Gasteiger partial charge in [-0.15, -0.1) is 0 Å². The first-order chi connectivity index (χ1) is 6.43. The number of anilines is 1. The third kappa shape index (κ3) is 2.11. The Morgan fingerprint density at radius 2 is 2.07 bits per heavy atom. The molecule has 0 amide bonds. The van der Waals surface area contributed by atoms with Gasteiger partial charge < -0.3 is 10.8 Å². The summed E-state index contributed by atoms with van der Waals surface area (Å²) in [6.45, 7) is 1.53. The van der Waals surface area contributed by atoms with Crippen molar-refractivity contribution in [3.63, 3.8) is 0 Å². The van der Waals surface area contributed by atoms with Crippen LogP contribution in [0, 0.1) is 0 Å². The first-order valence-electron chi connectivity index (χ1n) is 3.90. The zero-order chi connectivity index (χ0) is 10.9. The van der Waals surface area contributed by atoms with Crippen molar-refractivity contribution in [2.24, 2.45) is 0 Å². The number of aliphatic carboxylic acids is 1. The molecular weight excluding hydrogens is 225 g/mol. The maximum absolute atomic E-state index is 10.7. The number of carboxylic acids is 1. The van der Waals surface area contributed by atoms with E-state index in [0.29, 0.717) is 10.6 Å². The number of nitrogen functional groups attached to an aromatic ring is 1. The van der Waals surface area contributed by atoms with E-state index in [1.807, 2.05) is 0 Å². The van der Waals surface area contributed by atoms with Crippen molar-refractivity contribution in [2.75, 3.05) is 5.73 Å². The maximum atomic E-state index is 10.7. The molecule has 0 aliphatic rings. The van der Waals surface area contributed by atoms with Crippen molar-refractivity contribution in [3.05, 3.63) is 27.7 Å². The molecule has 0 aromatic heterocycles. The number of hydrogen-bond acceptors (Lipinski definition) is 2. The Balaban J connectivity index is 3.26. The molecule has 0 saturated heterocycles. The molecule has 0 spiro atoms. The number of benzene rings is 1. The molecule has 3 N–H and O–H groups in total. The van der Waals surface area contributed by atoms with Crippen LogP contribution in [0.5, 0.6) is 0 Å². The summed E-state index contributed by atoms with van der Waals surface area (Å²) in [6.07, 6.45) is 0. The van der Waals surface area contributed by atoms with Crippen molar-refractivity contribution in [3.8, 4) is 0 Å². The molecule has 0 radical (unpaired) electrons. The topological polar surface area (TPSA) is 63.3 Å². The average molecular weight is 234 g/mol. The second-order valence-electron chi connectivity index (χ2n) is 2.95. The highest BCUT2D eigenvalue weighted by Crippen LogP contribution is 2.32. The maximum Gasteiger partial charge on any atom is 0.310 e. The van der Waals surface area contributed by atoms with Crippen LogP contribution in [0.15, 0.2) is 12.1 Å². The first kappa shape index (κ1) is 11.1. The summed E-state index contributed by atoms with van der Waals surface area (Å²) < 4.78 is 0. The molecule has 3 nitrogen and oxygen atoms in total. The fourth-order valence-electron chi connectivity index (χ4n) is 1.10. The van der Waals surface area contributed by atoms with Gasteiger partial charge in [-0.1, -0.05) is 23.2 Å². The van der Waals surface area contributed by atoms with Gasteiger partial charge in [0.15, 0.2) is 0 Å². The summed E-state index contributed by atoms with van der Waals surface area (Å²) in [7, 11) is 0. The fraction of sp³-hybridized carbons (Fsp3) is 0.222. The van der Waals surface area contributed by atoms with Crippen molar-refractivity contribution in [1.82, 2.24) is 0 Å². The van der Waals surface area contributed by atoms with Crippen molar-refractivity contribution in [1.29, 1.82) is 0 Å². The van der Waals surface area contributed by atoms with Crippen LogP contribution in [0.2, 0.25) is 10.0 Å². The summed E-state index contributed by atoms with van der Waals surface area (Å²) in [5.41, 5.74) is 6.35. The highest BCUT2D eigenvalue weighted by molar-refractivity contribution is 6.36. The van der Waals surface area contributed by atoms with Gasteiger partial charge >= 0.3 is 5.97 Å². The van der Waals surface area contributed by atoms with E-state index in [2.05, 4.69) is 0 Å². The van der Waals surface area contributed by atoms with Crippen LogP contribution >= 0.6 is 23.2 Å². The molecule has 5 heteroatoms. The monoisotopic (exact) mass is 233 g/mol. The van der Waals surface area contributed by atoms with Crippen LogP contribution in [0.1, 0.15) is 18.4 Å². The molecule has 76 valence electrons. The lowest BCUT2D eigenvalue weighted by Gasteiger charge is -2.11. The minimum Gasteiger partial charge on any atom is -0.481 e. The molecule has 1 aromatic carbocycles. The Morgan fingerprint density at radius 3 is 2.57 bits per heavy atom. The zero-order valence-corrected chi connectivity index (χ0v) is 8.93. The average Bonchev–Trinajstić information content (AvgIpc) is 2.09. The standard InChI is InChI=1S/C9H9Cl2NO2/c1-4(9(13)14)6-2-5(10)3-7(11)8(6)12/h2-4H,12H2,1H3,(H,13,14). The SMILES string of the molecule is CC(C(=O)O)c1cc(Cl)cc(Cl)c1N. The third-order valence-corrected chi connectivity index (χ3v) is 2.49. The summed E-state index contributed by atoms with van der Waals surface area (Å²) in [5.74, 6) is -1.68. The predicted molar refractivity (Wildman–Crippen MR) is 56.9 cm³/mol. The van der Waals surface area contributed by atoms with Crippen LogP contribution in [0.4, 0.5) is 5.69 Å². The van der Waals surface area contributed by atoms with E-state index in [4.69, 9.17) is 34.0 Å². The Kier molecular flexibility index (Phi) is 3.24. The fourth-order valence-corrected chi connectivity index (χ4v) is 1.61. The molecule has 0 fully saturated rings. The third-order valence-electron chi connectivity index (χ3n) is 1.96. The van der Waals surface area contributed by atoms with Crippen LogP contribution < -0.4 is 5.73 Å². The van der Waals surface area contributed by atoms with E-state index in [9.17, 15) is 4.79 Å². The zero-order valence-electron chi connectivity index (χ0n) is 7.42. The van der Waals surface area contributed by atoms with E-state index in [1.54, 1.807) is 0 Å². The highest BCUT2D eigenvalue weighted by atomic mass is 35.5. The number of hydrogen-bond donors (Lipinski definition) is 2. The molecule has 0 aliphatic heterocycles. The molecular formula is C9H9Cl2NO2. The number of nitrogens with two attached hydrogens (primary N) is 1. The molecule has 1 aromatic rings. The second-order valence-corrected chi connectivity index (χ2v) is 3.79. The van der Waals surface area contributed by atoms with E-state index in [1.165, 1.54) is 19.1 Å². The van der Waals surface area contributed by atoms with Gasteiger partial charge in [-0.25, -0.2) is 0 Å². The van der Waals surface area contributed by atoms with Gasteiger partial charge in [0, 0.05) is 5.02 Å². The van der Waals surface area contributed by atoms with Crippen LogP contribution in [0.3, 0.4) is 0 Å². The molecule has 0 bridgehead atoms. The molecule has 0 heterocycles.